The molecule has 2 rings (SSSR count). The lowest BCUT2D eigenvalue weighted by molar-refractivity contribution is -0.121. The Morgan fingerprint density at radius 2 is 2.10 bits per heavy atom. The molecule has 0 spiro atoms. The van der Waals surface area contributed by atoms with E-state index in [1.807, 2.05) is 6.07 Å². The number of nitrogens with one attached hydrogen (secondary N) is 1. The number of rotatable bonds is 6. The van der Waals surface area contributed by atoms with Crippen LogP contribution < -0.4 is 5.32 Å². The van der Waals surface area contributed by atoms with Crippen molar-refractivity contribution in [3.63, 3.8) is 0 Å². The number of carbonyl (C=O) groups excluding carboxylic acids is 1. The largest absolute Gasteiger partial charge is 0.396 e. The van der Waals surface area contributed by atoms with Crippen molar-refractivity contribution >= 4 is 5.91 Å². The summed E-state index contributed by atoms with van der Waals surface area (Å²) in [5.41, 5.74) is 2.38. The molecular weight excluding hydrogens is 250 g/mol. The second-order valence-corrected chi connectivity index (χ2v) is 6.13. The molecule has 0 radical (unpaired) electrons. The molecule has 1 fully saturated rings. The van der Waals surface area contributed by atoms with Crippen LogP contribution in [0.2, 0.25) is 0 Å². The summed E-state index contributed by atoms with van der Waals surface area (Å²) >= 11 is 0. The fourth-order valence-corrected chi connectivity index (χ4v) is 3.02. The number of amides is 1. The monoisotopic (exact) mass is 275 g/mol. The third kappa shape index (κ3) is 4.07. The minimum atomic E-state index is -0.0566. The Labute approximate surface area is 121 Å². The van der Waals surface area contributed by atoms with Gasteiger partial charge in [-0.2, -0.15) is 0 Å². The summed E-state index contributed by atoms with van der Waals surface area (Å²) in [5.74, 6) is 0.0891. The van der Waals surface area contributed by atoms with Gasteiger partial charge in [0.15, 0.2) is 0 Å². The predicted molar refractivity (Wildman–Crippen MR) is 80.5 cm³/mol. The lowest BCUT2D eigenvalue weighted by Crippen LogP contribution is -2.38. The van der Waals surface area contributed by atoms with E-state index >= 15 is 0 Å². The van der Waals surface area contributed by atoms with Crippen molar-refractivity contribution in [3.8, 4) is 0 Å². The summed E-state index contributed by atoms with van der Waals surface area (Å²) in [4.78, 5) is 11.9. The van der Waals surface area contributed by atoms with E-state index in [1.54, 1.807) is 0 Å². The highest BCUT2D eigenvalue weighted by molar-refractivity contribution is 5.76. The zero-order chi connectivity index (χ0) is 14.4. The molecule has 0 unspecified atom stereocenters. The van der Waals surface area contributed by atoms with Crippen molar-refractivity contribution in [2.24, 2.45) is 5.41 Å². The van der Waals surface area contributed by atoms with Crippen molar-refractivity contribution in [1.82, 2.24) is 5.32 Å². The highest BCUT2D eigenvalue weighted by Crippen LogP contribution is 2.36. The molecule has 0 heterocycles. The quantitative estimate of drug-likeness (QED) is 0.838. The van der Waals surface area contributed by atoms with E-state index in [0.29, 0.717) is 13.0 Å². The third-order valence-electron chi connectivity index (χ3n) is 4.38. The van der Waals surface area contributed by atoms with Crippen molar-refractivity contribution in [2.75, 3.05) is 13.2 Å². The predicted octanol–water partition coefficient (Wildman–Crippen LogP) is 2.60. The maximum atomic E-state index is 11.9. The summed E-state index contributed by atoms with van der Waals surface area (Å²) < 4.78 is 0. The van der Waals surface area contributed by atoms with Crippen LogP contribution in [-0.2, 0) is 11.2 Å². The Bertz CT molecular complexity index is 450. The summed E-state index contributed by atoms with van der Waals surface area (Å²) in [7, 11) is 0. The number of aryl methyl sites for hydroxylation is 2. The first-order valence-corrected chi connectivity index (χ1v) is 7.57. The van der Waals surface area contributed by atoms with Crippen LogP contribution >= 0.6 is 0 Å². The minimum absolute atomic E-state index is 0.0566. The summed E-state index contributed by atoms with van der Waals surface area (Å²) in [5, 5.41) is 12.5. The number of aliphatic hydroxyl groups excluding tert-OH is 1. The van der Waals surface area contributed by atoms with Crippen LogP contribution in [0.1, 0.15) is 43.2 Å². The first-order chi connectivity index (χ1) is 9.63. The average Bonchev–Trinajstić information content (AvgIpc) is 2.92. The van der Waals surface area contributed by atoms with E-state index in [0.717, 1.165) is 19.3 Å². The van der Waals surface area contributed by atoms with Gasteiger partial charge in [0.25, 0.3) is 0 Å². The highest BCUT2D eigenvalue weighted by Gasteiger charge is 2.33. The standard InChI is InChI=1S/C17H25NO2/c1-14-5-4-6-15(11-14)7-8-16(20)18-12-17(13-19)9-2-3-10-17/h4-6,11,19H,2-3,7-10,12-13H2,1H3,(H,18,20). The smallest absolute Gasteiger partial charge is 0.220 e. The summed E-state index contributed by atoms with van der Waals surface area (Å²) in [6, 6.07) is 8.28. The number of aliphatic hydroxyl groups is 1. The number of hydrogen-bond donors (Lipinski definition) is 2. The van der Waals surface area contributed by atoms with Crippen LogP contribution in [0.3, 0.4) is 0 Å². The van der Waals surface area contributed by atoms with Crippen molar-refractivity contribution < 1.29 is 9.90 Å². The topological polar surface area (TPSA) is 49.3 Å². The van der Waals surface area contributed by atoms with Crippen LogP contribution in [0.25, 0.3) is 0 Å². The molecule has 1 amide bonds. The molecule has 0 saturated heterocycles. The molecule has 1 aliphatic carbocycles. The van der Waals surface area contributed by atoms with Crippen LogP contribution in [0.5, 0.6) is 0 Å². The maximum absolute atomic E-state index is 11.9. The second-order valence-electron chi connectivity index (χ2n) is 6.13. The first-order valence-electron chi connectivity index (χ1n) is 7.57. The van der Waals surface area contributed by atoms with Crippen LogP contribution in [0.4, 0.5) is 0 Å². The Morgan fingerprint density at radius 3 is 2.75 bits per heavy atom. The third-order valence-corrected chi connectivity index (χ3v) is 4.38. The van der Waals surface area contributed by atoms with Gasteiger partial charge in [0.1, 0.15) is 0 Å². The van der Waals surface area contributed by atoms with Gasteiger partial charge in [0.05, 0.1) is 6.61 Å². The van der Waals surface area contributed by atoms with Gasteiger partial charge in [-0.15, -0.1) is 0 Å². The molecule has 3 heteroatoms. The summed E-state index contributed by atoms with van der Waals surface area (Å²) in [6.07, 6.45) is 5.69. The molecule has 1 aromatic rings. The van der Waals surface area contributed by atoms with Crippen molar-refractivity contribution in [1.29, 1.82) is 0 Å². The fourth-order valence-electron chi connectivity index (χ4n) is 3.02. The number of hydrogen-bond acceptors (Lipinski definition) is 2. The van der Waals surface area contributed by atoms with Gasteiger partial charge >= 0.3 is 0 Å². The lowest BCUT2D eigenvalue weighted by atomic mass is 9.87. The Kier molecular flexibility index (Phi) is 5.18. The van der Waals surface area contributed by atoms with Crippen LogP contribution in [-0.4, -0.2) is 24.2 Å². The van der Waals surface area contributed by atoms with E-state index in [2.05, 4.69) is 30.4 Å². The molecule has 1 saturated carbocycles. The Hall–Kier alpha value is -1.35. The lowest BCUT2D eigenvalue weighted by Gasteiger charge is -2.26. The average molecular weight is 275 g/mol. The molecule has 1 aromatic carbocycles. The fraction of sp³-hybridized carbons (Fsp3) is 0.588. The Morgan fingerprint density at radius 1 is 1.35 bits per heavy atom. The van der Waals surface area contributed by atoms with Gasteiger partial charge in [-0.3, -0.25) is 4.79 Å². The number of carbonyl (C=O) groups is 1. The summed E-state index contributed by atoms with van der Waals surface area (Å²) in [6.45, 7) is 2.87. The van der Waals surface area contributed by atoms with Gasteiger partial charge in [-0.05, 0) is 31.7 Å². The first kappa shape index (κ1) is 15.0. The second kappa shape index (κ2) is 6.89. The van der Waals surface area contributed by atoms with Crippen LogP contribution in [0.15, 0.2) is 24.3 Å². The van der Waals surface area contributed by atoms with Gasteiger partial charge < -0.3 is 10.4 Å². The van der Waals surface area contributed by atoms with E-state index in [-0.39, 0.29) is 17.9 Å². The highest BCUT2D eigenvalue weighted by atomic mass is 16.3. The van der Waals surface area contributed by atoms with Crippen LogP contribution in [0, 0.1) is 12.3 Å². The molecule has 0 aliphatic heterocycles. The van der Waals surface area contributed by atoms with Gasteiger partial charge in [0.2, 0.25) is 5.91 Å². The van der Waals surface area contributed by atoms with E-state index in [1.165, 1.54) is 24.0 Å². The van der Waals surface area contributed by atoms with Crippen molar-refractivity contribution in [3.05, 3.63) is 35.4 Å². The molecule has 2 N–H and O–H groups in total. The normalized spacial score (nSPS) is 17.1. The van der Waals surface area contributed by atoms with Gasteiger partial charge in [-0.25, -0.2) is 0 Å². The van der Waals surface area contributed by atoms with Gasteiger partial charge in [0, 0.05) is 18.4 Å². The molecule has 3 nitrogen and oxygen atoms in total. The molecule has 20 heavy (non-hydrogen) atoms. The van der Waals surface area contributed by atoms with Gasteiger partial charge in [-0.1, -0.05) is 42.7 Å². The zero-order valence-corrected chi connectivity index (χ0v) is 12.3. The van der Waals surface area contributed by atoms with E-state index < -0.39 is 0 Å². The SMILES string of the molecule is Cc1cccc(CCC(=O)NCC2(CO)CCCC2)c1. The molecule has 0 atom stereocenters. The molecule has 1 aliphatic rings. The number of benzene rings is 1. The molecule has 110 valence electrons. The molecule has 0 bridgehead atoms. The molecular formula is C17H25NO2. The zero-order valence-electron chi connectivity index (χ0n) is 12.3. The maximum Gasteiger partial charge on any atom is 0.220 e. The van der Waals surface area contributed by atoms with Crippen molar-refractivity contribution in [2.45, 2.75) is 45.4 Å². The minimum Gasteiger partial charge on any atom is -0.396 e. The van der Waals surface area contributed by atoms with E-state index in [9.17, 15) is 9.90 Å². The Balaban J connectivity index is 1.75. The van der Waals surface area contributed by atoms with E-state index in [4.69, 9.17) is 0 Å². The molecule has 0 aromatic heterocycles.